The Hall–Kier alpha value is -3.69. The molecule has 0 radical (unpaired) electrons. The van der Waals surface area contributed by atoms with Gasteiger partial charge in [-0.25, -0.2) is 9.18 Å². The van der Waals surface area contributed by atoms with Crippen LogP contribution in [0.25, 0.3) is 0 Å². The Balaban J connectivity index is 1.48. The Morgan fingerprint density at radius 2 is 1.66 bits per heavy atom. The lowest BCUT2D eigenvalue weighted by Gasteiger charge is -2.31. The van der Waals surface area contributed by atoms with Gasteiger partial charge in [-0.1, -0.05) is 31.2 Å². The van der Waals surface area contributed by atoms with Crippen molar-refractivity contribution in [2.75, 3.05) is 51.3 Å². The Morgan fingerprint density at radius 1 is 0.947 bits per heavy atom. The number of ether oxygens (including phenoxy) is 1. The number of hydrogen-bond donors (Lipinski definition) is 1. The molecule has 8 nitrogen and oxygen atoms in total. The third-order valence-electron chi connectivity index (χ3n) is 6.58. The van der Waals surface area contributed by atoms with Gasteiger partial charge in [-0.3, -0.25) is 9.69 Å². The summed E-state index contributed by atoms with van der Waals surface area (Å²) in [5, 5.41) is 2.94. The average molecular weight is 523 g/mol. The number of aryl methyl sites for hydroxylation is 1. The minimum absolute atomic E-state index is 0.106. The van der Waals surface area contributed by atoms with Crippen molar-refractivity contribution in [1.82, 2.24) is 14.7 Å². The molecule has 4 rings (SSSR count). The normalized spacial score (nSPS) is 13.7. The Labute approximate surface area is 223 Å². The fourth-order valence-electron chi connectivity index (χ4n) is 4.26. The molecule has 1 saturated heterocycles. The van der Waals surface area contributed by atoms with Crippen LogP contribution >= 0.6 is 0 Å². The summed E-state index contributed by atoms with van der Waals surface area (Å²) in [6.07, 6.45) is 2.47. The molecule has 38 heavy (non-hydrogen) atoms. The van der Waals surface area contributed by atoms with Crippen LogP contribution in [0, 0.1) is 5.82 Å². The predicted molar refractivity (Wildman–Crippen MR) is 143 cm³/mol. The zero-order valence-electron chi connectivity index (χ0n) is 21.8. The summed E-state index contributed by atoms with van der Waals surface area (Å²) in [7, 11) is 0. The molecule has 0 aliphatic carbocycles. The minimum Gasteiger partial charge on any atom is -0.467 e. The second kappa shape index (κ2) is 13.7. The van der Waals surface area contributed by atoms with Crippen molar-refractivity contribution in [2.45, 2.75) is 26.4 Å². The van der Waals surface area contributed by atoms with Gasteiger partial charge in [-0.15, -0.1) is 0 Å². The first kappa shape index (κ1) is 27.3. The van der Waals surface area contributed by atoms with Crippen LogP contribution in [-0.2, 0) is 29.0 Å². The third kappa shape index (κ3) is 8.16. The molecule has 0 unspecified atom stereocenters. The van der Waals surface area contributed by atoms with Crippen molar-refractivity contribution < 1.29 is 23.1 Å². The van der Waals surface area contributed by atoms with E-state index in [1.165, 1.54) is 17.7 Å². The molecule has 2 aromatic carbocycles. The van der Waals surface area contributed by atoms with E-state index in [2.05, 4.69) is 17.1 Å². The number of nitrogens with zero attached hydrogens (tertiary/aromatic N) is 3. The van der Waals surface area contributed by atoms with Gasteiger partial charge in [0.25, 0.3) is 0 Å². The van der Waals surface area contributed by atoms with Crippen LogP contribution in [-0.4, -0.2) is 72.6 Å². The molecule has 202 valence electrons. The zero-order valence-corrected chi connectivity index (χ0v) is 21.8. The Kier molecular flexibility index (Phi) is 9.89. The lowest BCUT2D eigenvalue weighted by atomic mass is 10.1. The van der Waals surface area contributed by atoms with Gasteiger partial charge in [0, 0.05) is 38.4 Å². The highest BCUT2D eigenvalue weighted by atomic mass is 19.1. The quantitative estimate of drug-likeness (QED) is 0.405. The fraction of sp³-hybridized carbons (Fsp3) is 0.379. The van der Waals surface area contributed by atoms with Crippen LogP contribution in [0.3, 0.4) is 0 Å². The Morgan fingerprint density at radius 3 is 2.32 bits per heavy atom. The van der Waals surface area contributed by atoms with Crippen LogP contribution in [0.1, 0.15) is 23.8 Å². The van der Waals surface area contributed by atoms with Crippen LogP contribution in [0.2, 0.25) is 0 Å². The highest BCUT2D eigenvalue weighted by molar-refractivity contribution is 5.92. The molecule has 0 bridgehead atoms. The lowest BCUT2D eigenvalue weighted by molar-refractivity contribution is -0.133. The van der Waals surface area contributed by atoms with E-state index < -0.39 is 0 Å². The molecule has 9 heteroatoms. The summed E-state index contributed by atoms with van der Waals surface area (Å²) >= 11 is 0. The van der Waals surface area contributed by atoms with Crippen molar-refractivity contribution in [2.24, 2.45) is 0 Å². The van der Waals surface area contributed by atoms with Crippen molar-refractivity contribution >= 4 is 17.6 Å². The number of carbonyl (C=O) groups is 2. The van der Waals surface area contributed by atoms with Crippen molar-refractivity contribution in [1.29, 1.82) is 0 Å². The highest BCUT2D eigenvalue weighted by Crippen LogP contribution is 2.14. The SMILES string of the molecule is CCc1ccc(NC(=O)N(CCN2CCOCC2)CC(=O)N(Cc2ccc(F)cc2)Cc2ccco2)cc1. The first-order valence-electron chi connectivity index (χ1n) is 13.0. The van der Waals surface area contributed by atoms with Crippen molar-refractivity contribution in [3.63, 3.8) is 0 Å². The van der Waals surface area contributed by atoms with Crippen LogP contribution < -0.4 is 5.32 Å². The largest absolute Gasteiger partial charge is 0.467 e. The maximum absolute atomic E-state index is 13.6. The van der Waals surface area contributed by atoms with Crippen molar-refractivity contribution in [3.05, 3.63) is 89.6 Å². The number of hydrogen-bond acceptors (Lipinski definition) is 5. The van der Waals surface area contributed by atoms with E-state index in [4.69, 9.17) is 9.15 Å². The predicted octanol–water partition coefficient (Wildman–Crippen LogP) is 4.38. The van der Waals surface area contributed by atoms with Gasteiger partial charge in [0.15, 0.2) is 0 Å². The fourth-order valence-corrected chi connectivity index (χ4v) is 4.26. The second-order valence-corrected chi connectivity index (χ2v) is 9.31. The molecule has 0 saturated carbocycles. The number of nitrogens with one attached hydrogen (secondary N) is 1. The van der Waals surface area contributed by atoms with Gasteiger partial charge < -0.3 is 24.3 Å². The van der Waals surface area contributed by atoms with E-state index in [0.717, 1.165) is 25.1 Å². The molecule has 0 spiro atoms. The molecule has 2 heterocycles. The molecule has 1 aromatic heterocycles. The summed E-state index contributed by atoms with van der Waals surface area (Å²) in [6, 6.07) is 17.0. The van der Waals surface area contributed by atoms with Gasteiger partial charge in [0.05, 0.1) is 26.0 Å². The number of halogens is 1. The van der Waals surface area contributed by atoms with Gasteiger partial charge in [-0.05, 0) is 53.9 Å². The highest BCUT2D eigenvalue weighted by Gasteiger charge is 2.24. The molecular formula is C29H35FN4O4. The van der Waals surface area contributed by atoms with E-state index in [9.17, 15) is 14.0 Å². The van der Waals surface area contributed by atoms with Crippen molar-refractivity contribution in [3.8, 4) is 0 Å². The van der Waals surface area contributed by atoms with Gasteiger partial charge >= 0.3 is 6.03 Å². The topological polar surface area (TPSA) is 78.3 Å². The lowest BCUT2D eigenvalue weighted by Crippen LogP contribution is -2.48. The van der Waals surface area contributed by atoms with E-state index in [1.807, 2.05) is 24.3 Å². The van der Waals surface area contributed by atoms with Crippen LogP contribution in [0.15, 0.2) is 71.3 Å². The number of carbonyl (C=O) groups excluding carboxylic acids is 2. The Bertz CT molecular complexity index is 1150. The van der Waals surface area contributed by atoms with Gasteiger partial charge in [0.1, 0.15) is 18.1 Å². The standard InChI is InChI=1S/C29H35FN4O4/c1-2-23-7-11-26(12-8-23)31-29(36)33(14-13-32-15-18-37-19-16-32)22-28(35)34(21-27-4-3-17-38-27)20-24-5-9-25(30)10-6-24/h3-12,17H,2,13-16,18-22H2,1H3,(H,31,36). The first-order valence-corrected chi connectivity index (χ1v) is 13.0. The number of rotatable bonds is 11. The number of urea groups is 1. The number of benzene rings is 2. The average Bonchev–Trinajstić information content (AvgIpc) is 3.46. The molecule has 3 amide bonds. The molecule has 1 fully saturated rings. The summed E-state index contributed by atoms with van der Waals surface area (Å²) < 4.78 is 24.4. The number of amides is 3. The number of morpholine rings is 1. The first-order chi connectivity index (χ1) is 18.5. The monoisotopic (exact) mass is 522 g/mol. The van der Waals surface area contributed by atoms with E-state index >= 15 is 0 Å². The van der Waals surface area contributed by atoms with E-state index in [0.29, 0.717) is 37.8 Å². The zero-order chi connectivity index (χ0) is 26.7. The smallest absolute Gasteiger partial charge is 0.322 e. The van der Waals surface area contributed by atoms with Crippen LogP contribution in [0.4, 0.5) is 14.9 Å². The third-order valence-corrected chi connectivity index (χ3v) is 6.58. The summed E-state index contributed by atoms with van der Waals surface area (Å²) in [5.74, 6) is 0.0561. The molecular weight excluding hydrogens is 487 g/mol. The van der Waals surface area contributed by atoms with Gasteiger partial charge in [0.2, 0.25) is 5.91 Å². The second-order valence-electron chi connectivity index (χ2n) is 9.31. The maximum atomic E-state index is 13.6. The van der Waals surface area contributed by atoms with Crippen LogP contribution in [0.5, 0.6) is 0 Å². The molecule has 0 atom stereocenters. The van der Waals surface area contributed by atoms with Gasteiger partial charge in [-0.2, -0.15) is 0 Å². The molecule has 3 aromatic rings. The number of furan rings is 1. The summed E-state index contributed by atoms with van der Waals surface area (Å²) in [6.45, 7) is 6.38. The molecule has 1 aliphatic rings. The summed E-state index contributed by atoms with van der Waals surface area (Å²) in [5.41, 5.74) is 2.64. The summed E-state index contributed by atoms with van der Waals surface area (Å²) in [4.78, 5) is 32.3. The maximum Gasteiger partial charge on any atom is 0.322 e. The van der Waals surface area contributed by atoms with E-state index in [-0.39, 0.29) is 37.4 Å². The van der Waals surface area contributed by atoms with E-state index in [1.54, 1.807) is 40.3 Å². The molecule has 1 aliphatic heterocycles. The minimum atomic E-state index is -0.337. The number of anilines is 1. The molecule has 1 N–H and O–H groups in total.